The molecular weight excluding hydrogens is 438 g/mol. The van der Waals surface area contributed by atoms with E-state index in [0.717, 1.165) is 20.8 Å². The van der Waals surface area contributed by atoms with E-state index >= 15 is 0 Å². The van der Waals surface area contributed by atoms with Gasteiger partial charge in [0.15, 0.2) is 0 Å². The van der Waals surface area contributed by atoms with Gasteiger partial charge in [0.1, 0.15) is 0 Å². The number of hydrogen-bond acceptors (Lipinski definition) is 4. The maximum atomic E-state index is 12.6. The summed E-state index contributed by atoms with van der Waals surface area (Å²) in [5.41, 5.74) is 1.12. The van der Waals surface area contributed by atoms with Crippen LogP contribution in [0.25, 0.3) is 16.8 Å². The van der Waals surface area contributed by atoms with E-state index in [1.165, 1.54) is 0 Å². The van der Waals surface area contributed by atoms with Crippen LogP contribution in [0.2, 0.25) is 0 Å². The Hall–Kier alpha value is -2.06. The Morgan fingerprint density at radius 2 is 1.89 bits per heavy atom. The molecule has 146 valence electrons. The molecule has 2 aromatic carbocycles. The van der Waals surface area contributed by atoms with Crippen LogP contribution in [0.1, 0.15) is 12.5 Å². The second-order valence-corrected chi connectivity index (χ2v) is 9.15. The maximum absolute atomic E-state index is 12.6. The normalized spacial score (nSPS) is 13.2. The lowest BCUT2D eigenvalue weighted by molar-refractivity contribution is 0.545. The predicted octanol–water partition coefficient (Wildman–Crippen LogP) is 3.97. The van der Waals surface area contributed by atoms with Crippen molar-refractivity contribution < 1.29 is 8.42 Å². The van der Waals surface area contributed by atoms with Crippen LogP contribution in [0.5, 0.6) is 0 Å². The number of pyridine rings is 1. The van der Waals surface area contributed by atoms with Crippen LogP contribution in [0.15, 0.2) is 76.4 Å². The molecule has 3 rings (SSSR count). The van der Waals surface area contributed by atoms with Crippen molar-refractivity contribution in [3.8, 4) is 0 Å². The van der Waals surface area contributed by atoms with Gasteiger partial charge in [-0.15, -0.1) is 0 Å². The van der Waals surface area contributed by atoms with E-state index in [4.69, 9.17) is 0 Å². The van der Waals surface area contributed by atoms with Crippen molar-refractivity contribution in [1.29, 1.82) is 0 Å². The molecule has 0 amide bonds. The zero-order valence-corrected chi connectivity index (χ0v) is 17.9. The van der Waals surface area contributed by atoms with Crippen LogP contribution in [-0.2, 0) is 10.0 Å². The summed E-state index contributed by atoms with van der Waals surface area (Å²) in [5.74, 6) is 0. The first-order valence-corrected chi connectivity index (χ1v) is 11.2. The summed E-state index contributed by atoms with van der Waals surface area (Å²) in [4.78, 5) is 4.30. The van der Waals surface area contributed by atoms with E-state index in [-0.39, 0.29) is 10.9 Å². The Bertz CT molecular complexity index is 1070. The lowest BCUT2D eigenvalue weighted by atomic mass is 10.2. The molecule has 0 spiro atoms. The highest BCUT2D eigenvalue weighted by atomic mass is 79.9. The molecule has 0 saturated carbocycles. The van der Waals surface area contributed by atoms with Crippen molar-refractivity contribution in [2.75, 3.05) is 13.1 Å². The number of sulfonamides is 1. The molecule has 1 atom stereocenters. The monoisotopic (exact) mass is 459 g/mol. The minimum Gasteiger partial charge on any atom is -0.312 e. The second-order valence-electron chi connectivity index (χ2n) is 6.52. The van der Waals surface area contributed by atoms with Gasteiger partial charge in [0.05, 0.1) is 4.90 Å². The van der Waals surface area contributed by atoms with Crippen molar-refractivity contribution in [1.82, 2.24) is 15.0 Å². The van der Waals surface area contributed by atoms with E-state index in [9.17, 15) is 8.42 Å². The molecule has 1 heterocycles. The number of aromatic nitrogens is 1. The van der Waals surface area contributed by atoms with Crippen molar-refractivity contribution >= 4 is 42.8 Å². The van der Waals surface area contributed by atoms with Crippen LogP contribution in [-0.4, -0.2) is 32.5 Å². The Kier molecular flexibility index (Phi) is 6.96. The fourth-order valence-electron chi connectivity index (χ4n) is 2.76. The highest BCUT2D eigenvalue weighted by Crippen LogP contribution is 2.18. The highest BCUT2D eigenvalue weighted by molar-refractivity contribution is 9.10. The van der Waals surface area contributed by atoms with Crippen LogP contribution in [0, 0.1) is 0 Å². The van der Waals surface area contributed by atoms with Gasteiger partial charge in [0.25, 0.3) is 0 Å². The van der Waals surface area contributed by atoms with Crippen molar-refractivity contribution in [2.24, 2.45) is 0 Å². The van der Waals surface area contributed by atoms with Crippen molar-refractivity contribution in [3.63, 3.8) is 0 Å². The topological polar surface area (TPSA) is 71.1 Å². The lowest BCUT2D eigenvalue weighted by Gasteiger charge is -2.15. The number of benzene rings is 2. The number of hydrogen-bond donors (Lipinski definition) is 2. The van der Waals surface area contributed by atoms with E-state index in [0.29, 0.717) is 13.1 Å². The number of rotatable bonds is 8. The highest BCUT2D eigenvalue weighted by Gasteiger charge is 2.17. The summed E-state index contributed by atoms with van der Waals surface area (Å²) in [6.07, 6.45) is 7.41. The van der Waals surface area contributed by atoms with E-state index < -0.39 is 10.0 Å². The molecule has 28 heavy (non-hydrogen) atoms. The Morgan fingerprint density at radius 3 is 2.68 bits per heavy atom. The number of nitrogens with zero attached hydrogens (tertiary/aromatic N) is 1. The van der Waals surface area contributed by atoms with Crippen LogP contribution < -0.4 is 10.0 Å². The molecule has 0 radical (unpaired) electrons. The van der Waals surface area contributed by atoms with Gasteiger partial charge in [-0.2, -0.15) is 0 Å². The molecule has 0 saturated heterocycles. The third kappa shape index (κ3) is 5.72. The lowest BCUT2D eigenvalue weighted by Crippen LogP contribution is -2.39. The van der Waals surface area contributed by atoms with Gasteiger partial charge in [0, 0.05) is 41.4 Å². The summed E-state index contributed by atoms with van der Waals surface area (Å²) >= 11 is 3.41. The van der Waals surface area contributed by atoms with E-state index in [2.05, 4.69) is 31.0 Å². The standard InChI is InChI=1S/C21H22BrN3O2S/c1-16(14-23-11-2-3-17-4-7-20(22)8-5-17)25-28(26,27)21-9-6-19-15-24-12-10-18(19)13-21/h2-10,12-13,15-16,23,25H,11,14H2,1H3/t16-/m1/s1. The van der Waals surface area contributed by atoms with Crippen molar-refractivity contribution in [3.05, 3.63) is 77.0 Å². The molecule has 2 N–H and O–H groups in total. The molecule has 5 nitrogen and oxygen atoms in total. The van der Waals surface area contributed by atoms with Crippen LogP contribution in [0.4, 0.5) is 0 Å². The Labute approximate surface area is 174 Å². The molecular formula is C21H22BrN3O2S. The molecule has 1 aromatic heterocycles. The smallest absolute Gasteiger partial charge is 0.240 e. The summed E-state index contributed by atoms with van der Waals surface area (Å²) < 4.78 is 29.0. The summed E-state index contributed by atoms with van der Waals surface area (Å²) in [5, 5.41) is 5.00. The molecule has 0 fully saturated rings. The van der Waals surface area contributed by atoms with Crippen molar-refractivity contribution in [2.45, 2.75) is 17.9 Å². The zero-order chi connectivity index (χ0) is 20.0. The maximum Gasteiger partial charge on any atom is 0.240 e. The zero-order valence-electron chi connectivity index (χ0n) is 15.5. The molecule has 0 aliphatic rings. The van der Waals surface area contributed by atoms with E-state index in [1.807, 2.05) is 43.3 Å². The Morgan fingerprint density at radius 1 is 1.11 bits per heavy atom. The molecule has 7 heteroatoms. The predicted molar refractivity (Wildman–Crippen MR) is 118 cm³/mol. The molecule has 3 aromatic rings. The van der Waals surface area contributed by atoms with Gasteiger partial charge in [-0.3, -0.25) is 4.98 Å². The summed E-state index contributed by atoms with van der Waals surface area (Å²) in [6.45, 7) is 3.03. The van der Waals surface area contributed by atoms with Gasteiger partial charge >= 0.3 is 0 Å². The van der Waals surface area contributed by atoms with Crippen LogP contribution >= 0.6 is 15.9 Å². The van der Waals surface area contributed by atoms with Crippen LogP contribution in [0.3, 0.4) is 0 Å². The third-order valence-corrected chi connectivity index (χ3v) is 6.29. The average Bonchev–Trinajstić information content (AvgIpc) is 2.68. The summed E-state index contributed by atoms with van der Waals surface area (Å²) in [6, 6.07) is 14.6. The fourth-order valence-corrected chi connectivity index (χ4v) is 4.30. The molecule has 0 aliphatic carbocycles. The quantitative estimate of drug-likeness (QED) is 0.500. The van der Waals surface area contributed by atoms with Gasteiger partial charge in [-0.25, -0.2) is 13.1 Å². The minimum absolute atomic E-state index is 0.237. The van der Waals surface area contributed by atoms with E-state index in [1.54, 1.807) is 36.7 Å². The summed E-state index contributed by atoms with van der Waals surface area (Å²) in [7, 11) is -3.57. The van der Waals surface area contributed by atoms with Gasteiger partial charge in [-0.1, -0.05) is 46.3 Å². The molecule has 0 bridgehead atoms. The average molecular weight is 460 g/mol. The fraction of sp³-hybridized carbons (Fsp3) is 0.190. The van der Waals surface area contributed by atoms with Gasteiger partial charge in [0.2, 0.25) is 10.0 Å². The van der Waals surface area contributed by atoms with Gasteiger partial charge in [-0.05, 0) is 48.2 Å². The largest absolute Gasteiger partial charge is 0.312 e. The third-order valence-electron chi connectivity index (χ3n) is 4.17. The Balaban J connectivity index is 1.51. The number of halogens is 1. The number of fused-ring (bicyclic) bond motifs is 1. The SMILES string of the molecule is C[C@H](CNCC=Cc1ccc(Br)cc1)NS(=O)(=O)c1ccc2cnccc2c1. The van der Waals surface area contributed by atoms with Gasteiger partial charge < -0.3 is 5.32 Å². The minimum atomic E-state index is -3.57. The first-order chi connectivity index (χ1) is 13.4. The number of nitrogens with one attached hydrogen (secondary N) is 2. The second kappa shape index (κ2) is 9.43. The molecule has 0 aliphatic heterocycles. The first-order valence-electron chi connectivity index (χ1n) is 8.93. The first kappa shape index (κ1) is 20.7. The molecule has 0 unspecified atom stereocenters.